The van der Waals surface area contributed by atoms with Crippen LogP contribution in [0.15, 0.2) is 4.34 Å². The number of nitrogens with one attached hydrogen (secondary N) is 3. The number of carbonyl (C=O) groups excluding carboxylic acids is 2. The molecule has 0 spiro atoms. The van der Waals surface area contributed by atoms with Gasteiger partial charge in [-0.15, -0.1) is 10.2 Å². The molecule has 4 bridgehead atoms. The molecule has 0 saturated heterocycles. The number of urea groups is 1. The van der Waals surface area contributed by atoms with Crippen molar-refractivity contribution in [2.24, 2.45) is 17.8 Å². The van der Waals surface area contributed by atoms with E-state index in [0.29, 0.717) is 9.47 Å². The first-order valence-corrected chi connectivity index (χ1v) is 11.0. The first-order chi connectivity index (χ1) is 12.4. The second-order valence-electron chi connectivity index (χ2n) is 8.02. The van der Waals surface area contributed by atoms with Gasteiger partial charge < -0.3 is 10.6 Å². The zero-order chi connectivity index (χ0) is 18.3. The number of anilines is 1. The summed E-state index contributed by atoms with van der Waals surface area (Å²) in [4.78, 5) is 24.8. The Labute approximate surface area is 161 Å². The normalized spacial score (nSPS) is 32.9. The summed E-state index contributed by atoms with van der Waals surface area (Å²) in [5, 5.41) is 16.9. The van der Waals surface area contributed by atoms with Crippen LogP contribution in [0.3, 0.4) is 0 Å². The molecular formula is C17H25N5O2S2. The zero-order valence-corrected chi connectivity index (χ0v) is 16.7. The lowest BCUT2D eigenvalue weighted by Gasteiger charge is -2.56. The molecule has 1 aromatic rings. The average molecular weight is 396 g/mol. The largest absolute Gasteiger partial charge is 0.363 e. The molecule has 0 unspecified atom stereocenters. The van der Waals surface area contributed by atoms with Gasteiger partial charge in [0.2, 0.25) is 11.0 Å². The minimum absolute atomic E-state index is 0.0869. The van der Waals surface area contributed by atoms with Gasteiger partial charge in [-0.1, -0.05) is 23.1 Å². The Morgan fingerprint density at radius 2 is 1.77 bits per heavy atom. The molecular weight excluding hydrogens is 370 g/mol. The standard InChI is InChI=1S/C17H25N5O2S2/c1-9(25-16-22-21-15(18-2)26-16)13(23)19-14(24)20-17-6-10-3-11(7-17)5-12(4-10)8-17/h9-12H,3-8H2,1-2H3,(H,18,21)(H2,19,20,23,24)/t9-,10?,11?,12?,17?/m0/s1. The summed E-state index contributed by atoms with van der Waals surface area (Å²) in [6.45, 7) is 1.78. The molecule has 4 saturated carbocycles. The van der Waals surface area contributed by atoms with Gasteiger partial charge in [0.15, 0.2) is 4.34 Å². The fourth-order valence-corrected chi connectivity index (χ4v) is 7.16. The molecule has 4 aliphatic rings. The molecule has 4 fully saturated rings. The third-order valence-electron chi connectivity index (χ3n) is 5.92. The van der Waals surface area contributed by atoms with E-state index in [0.717, 1.165) is 37.0 Å². The van der Waals surface area contributed by atoms with Crippen molar-refractivity contribution < 1.29 is 9.59 Å². The number of imide groups is 1. The van der Waals surface area contributed by atoms with Crippen LogP contribution in [-0.2, 0) is 4.79 Å². The van der Waals surface area contributed by atoms with Gasteiger partial charge in [-0.25, -0.2) is 4.79 Å². The van der Waals surface area contributed by atoms with E-state index in [1.807, 2.05) is 0 Å². The fraction of sp³-hybridized carbons (Fsp3) is 0.765. The van der Waals surface area contributed by atoms with Crippen LogP contribution in [0, 0.1) is 17.8 Å². The van der Waals surface area contributed by atoms with Gasteiger partial charge in [-0.3, -0.25) is 10.1 Å². The third-order valence-corrected chi connectivity index (χ3v) is 8.05. The third kappa shape index (κ3) is 3.69. The lowest BCUT2D eigenvalue weighted by molar-refractivity contribution is -0.119. The molecule has 1 atom stereocenters. The highest BCUT2D eigenvalue weighted by Crippen LogP contribution is 2.55. The number of hydrogen-bond acceptors (Lipinski definition) is 7. The number of hydrogen-bond donors (Lipinski definition) is 3. The summed E-state index contributed by atoms with van der Waals surface area (Å²) >= 11 is 2.70. The Kier molecular flexibility index (Phi) is 4.85. The molecule has 3 amide bonds. The predicted octanol–water partition coefficient (Wildman–Crippen LogP) is 2.86. The van der Waals surface area contributed by atoms with E-state index in [2.05, 4.69) is 26.1 Å². The van der Waals surface area contributed by atoms with Crippen molar-refractivity contribution in [3.63, 3.8) is 0 Å². The Hall–Kier alpha value is -1.35. The molecule has 142 valence electrons. The highest BCUT2D eigenvalue weighted by Gasteiger charge is 2.51. The number of rotatable bonds is 5. The van der Waals surface area contributed by atoms with Gasteiger partial charge in [0.25, 0.3) is 0 Å². The molecule has 9 heteroatoms. The van der Waals surface area contributed by atoms with Gasteiger partial charge in [-0.05, 0) is 63.2 Å². The Morgan fingerprint density at radius 3 is 2.31 bits per heavy atom. The summed E-state index contributed by atoms with van der Waals surface area (Å²) in [5.41, 5.74) is -0.0869. The van der Waals surface area contributed by atoms with Crippen LogP contribution in [0.4, 0.5) is 9.93 Å². The van der Waals surface area contributed by atoms with E-state index in [4.69, 9.17) is 0 Å². The van der Waals surface area contributed by atoms with Crippen LogP contribution in [0.5, 0.6) is 0 Å². The number of nitrogens with zero attached hydrogens (tertiary/aromatic N) is 2. The lowest BCUT2D eigenvalue weighted by Crippen LogP contribution is -2.62. The minimum Gasteiger partial charge on any atom is -0.363 e. The molecule has 7 nitrogen and oxygen atoms in total. The molecule has 5 rings (SSSR count). The van der Waals surface area contributed by atoms with E-state index < -0.39 is 5.25 Å². The minimum atomic E-state index is -0.408. The van der Waals surface area contributed by atoms with Crippen molar-refractivity contribution in [1.29, 1.82) is 0 Å². The molecule has 3 N–H and O–H groups in total. The fourth-order valence-electron chi connectivity index (χ4n) is 5.31. The molecule has 1 heterocycles. The van der Waals surface area contributed by atoms with E-state index in [1.165, 1.54) is 42.4 Å². The first-order valence-electron chi connectivity index (χ1n) is 9.25. The zero-order valence-electron chi connectivity index (χ0n) is 15.1. The van der Waals surface area contributed by atoms with E-state index >= 15 is 0 Å². The van der Waals surface area contributed by atoms with Crippen molar-refractivity contribution in [3.8, 4) is 0 Å². The Morgan fingerprint density at radius 1 is 1.15 bits per heavy atom. The number of carbonyl (C=O) groups is 2. The quantitative estimate of drug-likeness (QED) is 0.664. The summed E-state index contributed by atoms with van der Waals surface area (Å²) in [6.07, 6.45) is 7.19. The van der Waals surface area contributed by atoms with Crippen molar-refractivity contribution in [3.05, 3.63) is 0 Å². The average Bonchev–Trinajstić information content (AvgIpc) is 3.00. The first kappa shape index (κ1) is 18.0. The molecule has 26 heavy (non-hydrogen) atoms. The maximum Gasteiger partial charge on any atom is 0.321 e. The van der Waals surface area contributed by atoms with Crippen LogP contribution < -0.4 is 16.0 Å². The molecule has 1 aromatic heterocycles. The van der Waals surface area contributed by atoms with Crippen LogP contribution in [0.2, 0.25) is 0 Å². The number of aromatic nitrogens is 2. The monoisotopic (exact) mass is 395 g/mol. The van der Waals surface area contributed by atoms with Gasteiger partial charge in [0, 0.05) is 12.6 Å². The predicted molar refractivity (Wildman–Crippen MR) is 102 cm³/mol. The van der Waals surface area contributed by atoms with Crippen molar-refractivity contribution >= 4 is 40.2 Å². The smallest absolute Gasteiger partial charge is 0.321 e. The lowest BCUT2D eigenvalue weighted by atomic mass is 9.53. The summed E-state index contributed by atoms with van der Waals surface area (Å²) in [6, 6.07) is -0.349. The second kappa shape index (κ2) is 6.99. The van der Waals surface area contributed by atoms with Crippen LogP contribution >= 0.6 is 23.1 Å². The molecule has 0 aliphatic heterocycles. The van der Waals surface area contributed by atoms with Gasteiger partial charge in [0.05, 0.1) is 5.25 Å². The van der Waals surface area contributed by atoms with E-state index in [9.17, 15) is 9.59 Å². The topological polar surface area (TPSA) is 96.0 Å². The van der Waals surface area contributed by atoms with Crippen LogP contribution in [0.25, 0.3) is 0 Å². The van der Waals surface area contributed by atoms with E-state index in [1.54, 1.807) is 14.0 Å². The van der Waals surface area contributed by atoms with Crippen molar-refractivity contribution in [1.82, 2.24) is 20.8 Å². The maximum absolute atomic E-state index is 12.5. The van der Waals surface area contributed by atoms with Gasteiger partial charge >= 0.3 is 6.03 Å². The molecule has 0 aromatic carbocycles. The van der Waals surface area contributed by atoms with Gasteiger partial charge in [0.1, 0.15) is 0 Å². The van der Waals surface area contributed by atoms with Crippen LogP contribution in [0.1, 0.15) is 45.4 Å². The van der Waals surface area contributed by atoms with Crippen molar-refractivity contribution in [2.45, 2.75) is 60.6 Å². The van der Waals surface area contributed by atoms with Gasteiger partial charge in [-0.2, -0.15) is 0 Å². The Balaban J connectivity index is 1.31. The summed E-state index contributed by atoms with van der Waals surface area (Å²) in [7, 11) is 1.78. The molecule has 0 radical (unpaired) electrons. The number of thioether (sulfide) groups is 1. The highest BCUT2D eigenvalue weighted by atomic mass is 32.2. The SMILES string of the molecule is CNc1nnc(S[C@@H](C)C(=O)NC(=O)NC23CC4CC(CC(C4)C2)C3)s1. The summed E-state index contributed by atoms with van der Waals surface area (Å²) < 4.78 is 0.707. The summed E-state index contributed by atoms with van der Waals surface area (Å²) in [5.74, 6) is 1.97. The highest BCUT2D eigenvalue weighted by molar-refractivity contribution is 8.02. The molecule has 4 aliphatic carbocycles. The van der Waals surface area contributed by atoms with E-state index in [-0.39, 0.29) is 17.5 Å². The Bertz CT molecular complexity index is 672. The maximum atomic E-state index is 12.5. The number of amides is 3. The van der Waals surface area contributed by atoms with Crippen molar-refractivity contribution in [2.75, 3.05) is 12.4 Å². The van der Waals surface area contributed by atoms with Crippen LogP contribution in [-0.4, -0.2) is 40.0 Å². The second-order valence-corrected chi connectivity index (χ2v) is 10.6.